The smallest absolute Gasteiger partial charge is 0.132 e. The molecular weight excluding hydrogens is 312 g/mol. The van der Waals surface area contributed by atoms with Crippen LogP contribution in [0.4, 0.5) is 0 Å². The maximum atomic E-state index is 11.2. The molecule has 1 fully saturated rings. The number of Topliss-reactive ketones (excluding diaryl/α,β-unsaturated/α-hetero) is 1. The molecule has 0 saturated heterocycles. The summed E-state index contributed by atoms with van der Waals surface area (Å²) in [6, 6.07) is 2.09. The molecule has 0 aliphatic heterocycles. The van der Waals surface area contributed by atoms with Crippen molar-refractivity contribution >= 4 is 33.0 Å². The normalized spacial score (nSPS) is 17.3. The first-order valence-electron chi connectivity index (χ1n) is 6.03. The van der Waals surface area contributed by atoms with Crippen LogP contribution in [-0.4, -0.2) is 15.8 Å². The Labute approximate surface area is 118 Å². The highest BCUT2D eigenvalue weighted by Crippen LogP contribution is 2.33. The van der Waals surface area contributed by atoms with Crippen LogP contribution in [0.3, 0.4) is 0 Å². The van der Waals surface area contributed by atoms with Gasteiger partial charge in [-0.15, -0.1) is 11.3 Å². The maximum absolute atomic E-state index is 11.2. The number of aromatic nitrogens is 2. The highest BCUT2D eigenvalue weighted by Gasteiger charge is 2.22. The maximum Gasteiger partial charge on any atom is 0.132 e. The summed E-state index contributed by atoms with van der Waals surface area (Å²) in [6.45, 7) is 0. The Hall–Kier alpha value is -0.940. The van der Waals surface area contributed by atoms with Gasteiger partial charge >= 0.3 is 0 Å². The lowest BCUT2D eigenvalue weighted by molar-refractivity contribution is -0.120. The summed E-state index contributed by atoms with van der Waals surface area (Å²) in [6.07, 6.45) is 5.15. The fourth-order valence-electron chi connectivity index (χ4n) is 2.34. The van der Waals surface area contributed by atoms with E-state index in [9.17, 15) is 4.79 Å². The molecule has 1 N–H and O–H groups in total. The second-order valence-corrected chi connectivity index (χ2v) is 6.45. The molecule has 0 unspecified atom stereocenters. The first kappa shape index (κ1) is 12.1. The van der Waals surface area contributed by atoms with Crippen LogP contribution in [-0.2, 0) is 4.79 Å². The summed E-state index contributed by atoms with van der Waals surface area (Å²) in [5.74, 6) is 1.84. The van der Waals surface area contributed by atoms with Crippen LogP contribution in [0, 0.1) is 0 Å². The van der Waals surface area contributed by atoms with Gasteiger partial charge in [-0.3, -0.25) is 4.79 Å². The number of aromatic amines is 1. The molecule has 0 radical (unpaired) electrons. The van der Waals surface area contributed by atoms with Gasteiger partial charge in [-0.1, -0.05) is 0 Å². The number of nitrogens with one attached hydrogen (secondary N) is 1. The standard InChI is InChI=1S/C13H13BrN2OS/c14-9-5-12(18-7-9)11-6-15-13(16-11)8-1-3-10(17)4-2-8/h5-8H,1-4H2,(H,15,16). The van der Waals surface area contributed by atoms with Gasteiger partial charge in [0.05, 0.1) is 16.8 Å². The van der Waals surface area contributed by atoms with E-state index in [-0.39, 0.29) is 0 Å². The van der Waals surface area contributed by atoms with Crippen molar-refractivity contribution in [2.45, 2.75) is 31.6 Å². The molecule has 0 aromatic carbocycles. The first-order chi connectivity index (χ1) is 8.72. The predicted molar refractivity (Wildman–Crippen MR) is 75.8 cm³/mol. The fourth-order valence-corrected chi connectivity index (χ4v) is 3.73. The Bertz CT molecular complexity index is 565. The lowest BCUT2D eigenvalue weighted by Crippen LogP contribution is -2.13. The molecule has 0 bridgehead atoms. The number of ketones is 1. The highest BCUT2D eigenvalue weighted by atomic mass is 79.9. The molecule has 3 nitrogen and oxygen atoms in total. The highest BCUT2D eigenvalue weighted by molar-refractivity contribution is 9.10. The Morgan fingerprint density at radius 2 is 2.17 bits per heavy atom. The third-order valence-electron chi connectivity index (χ3n) is 3.36. The van der Waals surface area contributed by atoms with Crippen LogP contribution in [0.15, 0.2) is 22.1 Å². The van der Waals surface area contributed by atoms with Crippen molar-refractivity contribution < 1.29 is 4.79 Å². The molecule has 94 valence electrons. The first-order valence-corrected chi connectivity index (χ1v) is 7.70. The van der Waals surface area contributed by atoms with Gasteiger partial charge in [0.25, 0.3) is 0 Å². The SMILES string of the molecule is O=C1CCC(c2ncc(-c3cc(Br)cs3)[nH]2)CC1. The molecule has 2 aromatic rings. The summed E-state index contributed by atoms with van der Waals surface area (Å²) >= 11 is 5.15. The minimum atomic E-state index is 0.389. The Kier molecular flexibility index (Phi) is 3.35. The van der Waals surface area contributed by atoms with E-state index < -0.39 is 0 Å². The minimum Gasteiger partial charge on any atom is -0.341 e. The largest absolute Gasteiger partial charge is 0.341 e. The van der Waals surface area contributed by atoms with Crippen molar-refractivity contribution in [2.24, 2.45) is 0 Å². The van der Waals surface area contributed by atoms with Crippen molar-refractivity contribution in [1.82, 2.24) is 9.97 Å². The Morgan fingerprint density at radius 1 is 1.39 bits per heavy atom. The van der Waals surface area contributed by atoms with Crippen LogP contribution in [0.1, 0.15) is 37.4 Å². The van der Waals surface area contributed by atoms with Crippen molar-refractivity contribution in [3.63, 3.8) is 0 Å². The minimum absolute atomic E-state index is 0.389. The fraction of sp³-hybridized carbons (Fsp3) is 0.385. The second kappa shape index (κ2) is 4.97. The molecular formula is C13H13BrN2OS. The number of nitrogens with zero attached hydrogens (tertiary/aromatic N) is 1. The molecule has 0 amide bonds. The van der Waals surface area contributed by atoms with Crippen LogP contribution in [0.25, 0.3) is 10.6 Å². The molecule has 1 aliphatic carbocycles. The van der Waals surface area contributed by atoms with E-state index in [0.717, 1.165) is 28.8 Å². The zero-order valence-corrected chi connectivity index (χ0v) is 12.2. The molecule has 18 heavy (non-hydrogen) atoms. The van der Waals surface area contributed by atoms with Crippen LogP contribution >= 0.6 is 27.3 Å². The van der Waals surface area contributed by atoms with E-state index in [4.69, 9.17) is 0 Å². The van der Waals surface area contributed by atoms with Crippen molar-refractivity contribution in [1.29, 1.82) is 0 Å². The molecule has 0 atom stereocenters. The van der Waals surface area contributed by atoms with E-state index in [2.05, 4.69) is 37.3 Å². The molecule has 3 rings (SSSR count). The van der Waals surface area contributed by atoms with Gasteiger partial charge in [-0.2, -0.15) is 0 Å². The lowest BCUT2D eigenvalue weighted by Gasteiger charge is -2.18. The Morgan fingerprint density at radius 3 is 2.83 bits per heavy atom. The zero-order valence-electron chi connectivity index (χ0n) is 9.78. The van der Waals surface area contributed by atoms with E-state index in [0.29, 0.717) is 24.5 Å². The second-order valence-electron chi connectivity index (χ2n) is 4.62. The molecule has 0 spiro atoms. The summed E-state index contributed by atoms with van der Waals surface area (Å²) in [5.41, 5.74) is 1.07. The van der Waals surface area contributed by atoms with Crippen LogP contribution in [0.5, 0.6) is 0 Å². The van der Waals surface area contributed by atoms with Gasteiger partial charge < -0.3 is 4.98 Å². The number of hydrogen-bond donors (Lipinski definition) is 1. The number of rotatable bonds is 2. The summed E-state index contributed by atoms with van der Waals surface area (Å²) in [7, 11) is 0. The zero-order chi connectivity index (χ0) is 12.5. The van der Waals surface area contributed by atoms with E-state index in [1.54, 1.807) is 11.3 Å². The van der Waals surface area contributed by atoms with Crippen LogP contribution in [0.2, 0.25) is 0 Å². The van der Waals surface area contributed by atoms with Crippen molar-refractivity contribution in [2.75, 3.05) is 0 Å². The number of imidazole rings is 1. The van der Waals surface area contributed by atoms with Crippen molar-refractivity contribution in [3.8, 4) is 10.6 Å². The lowest BCUT2D eigenvalue weighted by atomic mass is 9.88. The van der Waals surface area contributed by atoms with Gasteiger partial charge in [0, 0.05) is 28.6 Å². The van der Waals surface area contributed by atoms with E-state index >= 15 is 0 Å². The average Bonchev–Trinajstić information content (AvgIpc) is 2.98. The molecule has 1 aliphatic rings. The molecule has 5 heteroatoms. The number of halogens is 1. The number of thiophene rings is 1. The average molecular weight is 325 g/mol. The predicted octanol–water partition coefficient (Wildman–Crippen LogP) is 4.13. The molecule has 2 heterocycles. The van der Waals surface area contributed by atoms with E-state index in [1.807, 2.05) is 6.20 Å². The van der Waals surface area contributed by atoms with Gasteiger partial charge in [-0.25, -0.2) is 4.98 Å². The topological polar surface area (TPSA) is 45.8 Å². The van der Waals surface area contributed by atoms with Crippen molar-refractivity contribution in [3.05, 3.63) is 27.9 Å². The summed E-state index contributed by atoms with van der Waals surface area (Å²) in [5, 5.41) is 2.06. The molecule has 2 aromatic heterocycles. The third kappa shape index (κ3) is 2.42. The molecule has 1 saturated carbocycles. The quantitative estimate of drug-likeness (QED) is 0.902. The van der Waals surface area contributed by atoms with E-state index in [1.165, 1.54) is 4.88 Å². The van der Waals surface area contributed by atoms with Gasteiger partial charge in [-0.05, 0) is 34.8 Å². The summed E-state index contributed by atoms with van der Waals surface area (Å²) in [4.78, 5) is 20.3. The Balaban J connectivity index is 1.79. The van der Waals surface area contributed by atoms with Gasteiger partial charge in [0.1, 0.15) is 11.6 Å². The third-order valence-corrected chi connectivity index (χ3v) is 5.08. The number of carbonyl (C=O) groups excluding carboxylic acids is 1. The number of hydrogen-bond acceptors (Lipinski definition) is 3. The number of carbonyl (C=O) groups is 1. The van der Waals surface area contributed by atoms with Gasteiger partial charge in [0.15, 0.2) is 0 Å². The van der Waals surface area contributed by atoms with Gasteiger partial charge in [0.2, 0.25) is 0 Å². The van der Waals surface area contributed by atoms with Crippen LogP contribution < -0.4 is 0 Å². The monoisotopic (exact) mass is 324 g/mol. The number of H-pyrrole nitrogens is 1. The summed E-state index contributed by atoms with van der Waals surface area (Å²) < 4.78 is 1.10.